The van der Waals surface area contributed by atoms with E-state index in [1.54, 1.807) is 43.3 Å². The highest BCUT2D eigenvalue weighted by molar-refractivity contribution is 7.92. The molecule has 28 heavy (non-hydrogen) atoms. The fraction of sp³-hybridized carbons (Fsp3) is 0.350. The number of anilines is 1. The second-order valence-electron chi connectivity index (χ2n) is 7.08. The van der Waals surface area contributed by atoms with E-state index in [1.807, 2.05) is 6.07 Å². The summed E-state index contributed by atoms with van der Waals surface area (Å²) < 4.78 is 25.7. The van der Waals surface area contributed by atoms with Crippen LogP contribution in [-0.2, 0) is 16.4 Å². The lowest BCUT2D eigenvalue weighted by Gasteiger charge is -2.43. The second kappa shape index (κ2) is 8.31. The highest BCUT2D eigenvalue weighted by atomic mass is 35.5. The van der Waals surface area contributed by atoms with Crippen molar-refractivity contribution in [2.75, 3.05) is 10.5 Å². The van der Waals surface area contributed by atoms with Gasteiger partial charge in [0.2, 0.25) is 10.0 Å². The van der Waals surface area contributed by atoms with Gasteiger partial charge >= 0.3 is 0 Å². The van der Waals surface area contributed by atoms with Gasteiger partial charge < -0.3 is 5.32 Å². The molecule has 0 saturated heterocycles. The third-order valence-electron chi connectivity index (χ3n) is 5.03. The minimum Gasteiger partial charge on any atom is -0.346 e. The third-order valence-corrected chi connectivity index (χ3v) is 6.93. The van der Waals surface area contributed by atoms with Crippen molar-refractivity contribution in [2.45, 2.75) is 38.1 Å². The molecule has 0 heterocycles. The van der Waals surface area contributed by atoms with E-state index in [4.69, 9.17) is 23.2 Å². The summed E-state index contributed by atoms with van der Waals surface area (Å²) >= 11 is 12.3. The summed E-state index contributed by atoms with van der Waals surface area (Å²) in [5.41, 5.74) is 1.55. The fourth-order valence-electron chi connectivity index (χ4n) is 3.23. The summed E-state index contributed by atoms with van der Waals surface area (Å²) in [5.74, 6) is -0.194. The van der Waals surface area contributed by atoms with Crippen LogP contribution in [0.1, 0.15) is 42.1 Å². The quantitative estimate of drug-likeness (QED) is 0.657. The van der Waals surface area contributed by atoms with Crippen molar-refractivity contribution >= 4 is 44.8 Å². The van der Waals surface area contributed by atoms with E-state index in [-0.39, 0.29) is 17.2 Å². The van der Waals surface area contributed by atoms with Gasteiger partial charge in [0.25, 0.3) is 5.91 Å². The molecule has 1 aliphatic carbocycles. The van der Waals surface area contributed by atoms with Crippen molar-refractivity contribution in [3.63, 3.8) is 0 Å². The molecule has 0 radical (unpaired) electrons. The molecule has 1 fully saturated rings. The van der Waals surface area contributed by atoms with E-state index in [0.29, 0.717) is 27.7 Å². The molecule has 8 heteroatoms. The van der Waals surface area contributed by atoms with E-state index in [9.17, 15) is 13.2 Å². The molecule has 0 aliphatic heterocycles. The first-order chi connectivity index (χ1) is 13.2. The molecule has 1 amide bonds. The number of carbonyl (C=O) groups excluding carboxylic acids is 1. The van der Waals surface area contributed by atoms with Crippen LogP contribution in [0.15, 0.2) is 42.5 Å². The number of halogens is 2. The van der Waals surface area contributed by atoms with Crippen LogP contribution >= 0.6 is 23.2 Å². The number of benzene rings is 2. The Morgan fingerprint density at radius 1 is 1.11 bits per heavy atom. The number of nitrogens with one attached hydrogen (secondary N) is 2. The number of hydrogen-bond acceptors (Lipinski definition) is 3. The molecule has 1 aliphatic rings. The van der Waals surface area contributed by atoms with E-state index in [1.165, 1.54) is 0 Å². The Kier molecular flexibility index (Phi) is 6.22. The van der Waals surface area contributed by atoms with Gasteiger partial charge in [0, 0.05) is 26.8 Å². The van der Waals surface area contributed by atoms with Crippen LogP contribution in [0.4, 0.5) is 5.69 Å². The largest absolute Gasteiger partial charge is 0.346 e. The summed E-state index contributed by atoms with van der Waals surface area (Å²) in [5, 5.41) is 4.33. The zero-order chi connectivity index (χ0) is 20.4. The van der Waals surface area contributed by atoms with Gasteiger partial charge in [0.1, 0.15) is 0 Å². The monoisotopic (exact) mass is 440 g/mol. The highest BCUT2D eigenvalue weighted by Crippen LogP contribution is 2.37. The molecule has 0 spiro atoms. The van der Waals surface area contributed by atoms with Gasteiger partial charge in [-0.3, -0.25) is 9.52 Å². The van der Waals surface area contributed by atoms with Gasteiger partial charge in [-0.2, -0.15) is 0 Å². The Labute approximate surface area is 175 Å². The Morgan fingerprint density at radius 2 is 1.79 bits per heavy atom. The number of rotatable bonds is 7. The third kappa shape index (κ3) is 4.99. The molecule has 0 atom stereocenters. The maximum absolute atomic E-state index is 12.7. The van der Waals surface area contributed by atoms with Gasteiger partial charge in [-0.15, -0.1) is 0 Å². The van der Waals surface area contributed by atoms with Crippen LogP contribution in [0.25, 0.3) is 0 Å². The normalized spacial score (nSPS) is 15.5. The minimum atomic E-state index is -3.34. The Hall–Kier alpha value is -1.76. The van der Waals surface area contributed by atoms with Crippen LogP contribution in [0.2, 0.25) is 10.0 Å². The van der Waals surface area contributed by atoms with Crippen LogP contribution in [0, 0.1) is 0 Å². The Balaban J connectivity index is 1.70. The van der Waals surface area contributed by atoms with Gasteiger partial charge in [-0.25, -0.2) is 8.42 Å². The van der Waals surface area contributed by atoms with Crippen LogP contribution in [0.5, 0.6) is 0 Å². The standard InChI is InChI=1S/C20H22Cl2N2O3S/c1-2-28(26,27)24-17-8-5-14(6-9-17)19(25)23-20(10-3-11-20)13-15-4-7-16(21)12-18(15)22/h4-9,12,24H,2-3,10-11,13H2,1H3,(H,23,25). The molecule has 2 aromatic carbocycles. The molecular weight excluding hydrogens is 419 g/mol. The predicted molar refractivity (Wildman–Crippen MR) is 114 cm³/mol. The minimum absolute atomic E-state index is 0.00891. The van der Waals surface area contributed by atoms with Gasteiger partial charge in [0.15, 0.2) is 0 Å². The number of amides is 1. The average molecular weight is 441 g/mol. The molecule has 2 aromatic rings. The van der Waals surface area contributed by atoms with E-state index in [0.717, 1.165) is 24.8 Å². The molecule has 0 unspecified atom stereocenters. The van der Waals surface area contributed by atoms with Crippen molar-refractivity contribution in [2.24, 2.45) is 0 Å². The van der Waals surface area contributed by atoms with E-state index in [2.05, 4.69) is 10.0 Å². The Morgan fingerprint density at radius 3 is 2.32 bits per heavy atom. The molecule has 5 nitrogen and oxygen atoms in total. The number of sulfonamides is 1. The molecule has 0 aromatic heterocycles. The van der Waals surface area contributed by atoms with Crippen molar-refractivity contribution in [3.05, 3.63) is 63.6 Å². The zero-order valence-electron chi connectivity index (χ0n) is 15.5. The van der Waals surface area contributed by atoms with Crippen molar-refractivity contribution < 1.29 is 13.2 Å². The number of hydrogen-bond donors (Lipinski definition) is 2. The molecule has 1 saturated carbocycles. The second-order valence-corrected chi connectivity index (χ2v) is 9.94. The maximum Gasteiger partial charge on any atom is 0.251 e. The van der Waals surface area contributed by atoms with Crippen molar-refractivity contribution in [1.29, 1.82) is 0 Å². The lowest BCUT2D eigenvalue weighted by Crippen LogP contribution is -2.55. The average Bonchev–Trinajstić information content (AvgIpc) is 2.62. The molecule has 150 valence electrons. The van der Waals surface area contributed by atoms with Gasteiger partial charge in [-0.05, 0) is 74.6 Å². The Bertz CT molecular complexity index is 971. The first kappa shape index (κ1) is 21.0. The zero-order valence-corrected chi connectivity index (χ0v) is 17.8. The highest BCUT2D eigenvalue weighted by Gasteiger charge is 2.39. The summed E-state index contributed by atoms with van der Waals surface area (Å²) in [6.45, 7) is 1.56. The molecule has 3 rings (SSSR count). The van der Waals surface area contributed by atoms with Crippen molar-refractivity contribution in [3.8, 4) is 0 Å². The summed E-state index contributed by atoms with van der Waals surface area (Å²) in [7, 11) is -3.34. The van der Waals surface area contributed by atoms with Crippen LogP contribution in [0.3, 0.4) is 0 Å². The predicted octanol–water partition coefficient (Wildman–Crippen LogP) is 4.65. The lowest BCUT2D eigenvalue weighted by atomic mass is 9.72. The summed E-state index contributed by atoms with van der Waals surface area (Å²) in [6.07, 6.45) is 3.45. The smallest absolute Gasteiger partial charge is 0.251 e. The fourth-order valence-corrected chi connectivity index (χ4v) is 4.35. The van der Waals surface area contributed by atoms with E-state index < -0.39 is 10.0 Å². The molecule has 0 bridgehead atoms. The first-order valence-electron chi connectivity index (χ1n) is 9.09. The van der Waals surface area contributed by atoms with Crippen LogP contribution in [-0.4, -0.2) is 25.6 Å². The molecule has 2 N–H and O–H groups in total. The number of carbonyl (C=O) groups is 1. The van der Waals surface area contributed by atoms with Gasteiger partial charge in [0.05, 0.1) is 5.75 Å². The summed E-state index contributed by atoms with van der Waals surface area (Å²) in [6, 6.07) is 11.8. The van der Waals surface area contributed by atoms with Crippen LogP contribution < -0.4 is 10.0 Å². The summed E-state index contributed by atoms with van der Waals surface area (Å²) in [4.78, 5) is 12.7. The van der Waals surface area contributed by atoms with E-state index >= 15 is 0 Å². The lowest BCUT2D eigenvalue weighted by molar-refractivity contribution is 0.0827. The molecular formula is C20H22Cl2N2O3S. The van der Waals surface area contributed by atoms with Crippen molar-refractivity contribution in [1.82, 2.24) is 5.32 Å². The topological polar surface area (TPSA) is 75.3 Å². The van der Waals surface area contributed by atoms with Gasteiger partial charge in [-0.1, -0.05) is 29.3 Å². The first-order valence-corrected chi connectivity index (χ1v) is 11.5. The maximum atomic E-state index is 12.7. The SMILES string of the molecule is CCS(=O)(=O)Nc1ccc(C(=O)NC2(Cc3ccc(Cl)cc3Cl)CCC2)cc1.